The molecule has 2 heterocycles. The summed E-state index contributed by atoms with van der Waals surface area (Å²) in [5.74, 6) is -1.01. The van der Waals surface area contributed by atoms with E-state index in [9.17, 15) is 13.6 Å². The summed E-state index contributed by atoms with van der Waals surface area (Å²) in [6.07, 6.45) is 0.687. The van der Waals surface area contributed by atoms with Crippen molar-refractivity contribution >= 4 is 34.7 Å². The van der Waals surface area contributed by atoms with Crippen LogP contribution in [0.15, 0.2) is 40.9 Å². The topological polar surface area (TPSA) is 59.8 Å². The van der Waals surface area contributed by atoms with Crippen molar-refractivity contribution in [1.29, 1.82) is 0 Å². The van der Waals surface area contributed by atoms with Crippen molar-refractivity contribution in [2.24, 2.45) is 0 Å². The Bertz CT molecular complexity index is 896. The van der Waals surface area contributed by atoms with Crippen LogP contribution in [0.4, 0.5) is 14.5 Å². The lowest BCUT2D eigenvalue weighted by atomic mass is 10.3. The number of amides is 1. The molecule has 3 rings (SSSR count). The molecule has 0 radical (unpaired) electrons. The minimum atomic E-state index is -0.807. The molecule has 0 aliphatic heterocycles. The van der Waals surface area contributed by atoms with E-state index in [4.69, 9.17) is 0 Å². The van der Waals surface area contributed by atoms with E-state index in [1.54, 1.807) is 11.3 Å². The number of rotatable bonds is 7. The fraction of sp³-hybridized carbons (Fsp3) is 0.235. The minimum Gasteiger partial charge on any atom is -0.323 e. The van der Waals surface area contributed by atoms with Crippen LogP contribution in [-0.4, -0.2) is 26.4 Å². The van der Waals surface area contributed by atoms with Gasteiger partial charge in [0.1, 0.15) is 17.5 Å². The second-order valence-corrected chi connectivity index (χ2v) is 7.33. The van der Waals surface area contributed by atoms with Gasteiger partial charge in [-0.1, -0.05) is 17.8 Å². The van der Waals surface area contributed by atoms with Crippen molar-refractivity contribution in [3.05, 3.63) is 58.0 Å². The highest BCUT2D eigenvalue weighted by Crippen LogP contribution is 2.21. The van der Waals surface area contributed by atoms with E-state index >= 15 is 0 Å². The number of hydrogen-bond donors (Lipinski definition) is 1. The Hall–Kier alpha value is -2.26. The number of halogens is 2. The van der Waals surface area contributed by atoms with Crippen LogP contribution < -0.4 is 5.32 Å². The normalized spacial score (nSPS) is 10.9. The maximum atomic E-state index is 13.6. The molecule has 0 saturated heterocycles. The number of carbonyl (C=O) groups is 1. The number of nitrogens with zero attached hydrogens (tertiary/aromatic N) is 3. The molecule has 0 spiro atoms. The molecule has 1 aromatic carbocycles. The van der Waals surface area contributed by atoms with Crippen molar-refractivity contribution in [3.63, 3.8) is 0 Å². The van der Waals surface area contributed by atoms with Gasteiger partial charge in [0.05, 0.1) is 11.4 Å². The van der Waals surface area contributed by atoms with E-state index in [-0.39, 0.29) is 11.4 Å². The van der Waals surface area contributed by atoms with Crippen molar-refractivity contribution in [2.45, 2.75) is 25.0 Å². The van der Waals surface area contributed by atoms with Gasteiger partial charge < -0.3 is 9.88 Å². The number of hydrogen-bond acceptors (Lipinski definition) is 5. The first kappa shape index (κ1) is 18.5. The third-order valence-electron chi connectivity index (χ3n) is 3.56. The van der Waals surface area contributed by atoms with Gasteiger partial charge in [-0.3, -0.25) is 4.79 Å². The zero-order valence-corrected chi connectivity index (χ0v) is 15.5. The van der Waals surface area contributed by atoms with E-state index in [0.29, 0.717) is 18.1 Å². The molecule has 0 fully saturated rings. The average molecular weight is 394 g/mol. The number of anilines is 1. The van der Waals surface area contributed by atoms with Gasteiger partial charge in [-0.15, -0.1) is 21.5 Å². The van der Waals surface area contributed by atoms with Gasteiger partial charge in [-0.2, -0.15) is 0 Å². The highest BCUT2D eigenvalue weighted by Gasteiger charge is 2.15. The zero-order valence-electron chi connectivity index (χ0n) is 13.9. The Morgan fingerprint density at radius 1 is 1.31 bits per heavy atom. The minimum absolute atomic E-state index is 0.0488. The fourth-order valence-electron chi connectivity index (χ4n) is 2.35. The quantitative estimate of drug-likeness (QED) is 0.616. The van der Waals surface area contributed by atoms with Crippen LogP contribution in [0.5, 0.6) is 0 Å². The molecule has 136 valence electrons. The summed E-state index contributed by atoms with van der Waals surface area (Å²) in [5.41, 5.74) is -0.0488. The van der Waals surface area contributed by atoms with E-state index in [0.717, 1.165) is 18.0 Å². The lowest BCUT2D eigenvalue weighted by Crippen LogP contribution is -2.15. The second kappa shape index (κ2) is 8.41. The largest absolute Gasteiger partial charge is 0.323 e. The molecule has 1 amide bonds. The molecule has 1 N–H and O–H groups in total. The Kier molecular flexibility index (Phi) is 6.00. The Labute approximate surface area is 157 Å². The summed E-state index contributed by atoms with van der Waals surface area (Å²) in [4.78, 5) is 13.2. The van der Waals surface area contributed by atoms with E-state index < -0.39 is 17.5 Å². The maximum absolute atomic E-state index is 13.6. The molecular formula is C17H16F2N4OS2. The first-order valence-corrected chi connectivity index (χ1v) is 9.75. The first-order chi connectivity index (χ1) is 12.6. The molecular weight excluding hydrogens is 378 g/mol. The number of thiophene rings is 1. The standard InChI is InChI=1S/C17H16F2N4OS2/c1-2-23-15(9-12-4-3-7-25-12)21-22-17(23)26-10-16(24)20-14-6-5-11(18)8-13(14)19/h3-8H,2,9-10H2,1H3,(H,20,24). The van der Waals surface area contributed by atoms with Crippen LogP contribution in [0.3, 0.4) is 0 Å². The van der Waals surface area contributed by atoms with Crippen molar-refractivity contribution in [2.75, 3.05) is 11.1 Å². The van der Waals surface area contributed by atoms with Crippen LogP contribution in [0.1, 0.15) is 17.6 Å². The summed E-state index contributed by atoms with van der Waals surface area (Å²) in [5, 5.41) is 13.4. The zero-order chi connectivity index (χ0) is 18.5. The van der Waals surface area contributed by atoms with E-state index in [1.807, 2.05) is 29.0 Å². The Morgan fingerprint density at radius 2 is 2.15 bits per heavy atom. The summed E-state index contributed by atoms with van der Waals surface area (Å²) < 4.78 is 28.4. The van der Waals surface area contributed by atoms with Gasteiger partial charge in [0, 0.05) is 23.9 Å². The molecule has 0 bridgehead atoms. The third-order valence-corrected chi connectivity index (χ3v) is 5.40. The molecule has 2 aromatic heterocycles. The van der Waals surface area contributed by atoms with Gasteiger partial charge in [-0.25, -0.2) is 8.78 Å². The Balaban J connectivity index is 1.62. The summed E-state index contributed by atoms with van der Waals surface area (Å²) in [7, 11) is 0. The molecule has 3 aromatic rings. The number of aromatic nitrogens is 3. The first-order valence-electron chi connectivity index (χ1n) is 7.89. The summed E-state index contributed by atoms with van der Waals surface area (Å²) >= 11 is 2.88. The Morgan fingerprint density at radius 3 is 2.85 bits per heavy atom. The monoisotopic (exact) mass is 394 g/mol. The van der Waals surface area contributed by atoms with Gasteiger partial charge in [-0.05, 0) is 30.5 Å². The third kappa shape index (κ3) is 4.47. The summed E-state index contributed by atoms with van der Waals surface area (Å²) in [6.45, 7) is 2.67. The van der Waals surface area contributed by atoms with Crippen LogP contribution in [0.2, 0.25) is 0 Å². The maximum Gasteiger partial charge on any atom is 0.234 e. The predicted molar refractivity (Wildman–Crippen MR) is 98.5 cm³/mol. The highest BCUT2D eigenvalue weighted by atomic mass is 32.2. The second-order valence-electron chi connectivity index (χ2n) is 5.36. The molecule has 0 aliphatic rings. The summed E-state index contributed by atoms with van der Waals surface area (Å²) in [6, 6.07) is 7.04. The lowest BCUT2D eigenvalue weighted by Gasteiger charge is -2.08. The number of benzene rings is 1. The number of thioether (sulfide) groups is 1. The van der Waals surface area contributed by atoms with Crippen molar-refractivity contribution in [1.82, 2.24) is 14.8 Å². The number of nitrogens with one attached hydrogen (secondary N) is 1. The molecule has 0 aliphatic carbocycles. The number of carbonyl (C=O) groups excluding carboxylic acids is 1. The molecule has 0 saturated carbocycles. The van der Waals surface area contributed by atoms with Gasteiger partial charge >= 0.3 is 0 Å². The van der Waals surface area contributed by atoms with Crippen molar-refractivity contribution < 1.29 is 13.6 Å². The van der Waals surface area contributed by atoms with Crippen LogP contribution in [0.25, 0.3) is 0 Å². The molecule has 9 heteroatoms. The van der Waals surface area contributed by atoms with E-state index in [2.05, 4.69) is 15.5 Å². The molecule has 0 atom stereocenters. The fourth-order valence-corrected chi connectivity index (χ4v) is 3.87. The highest BCUT2D eigenvalue weighted by molar-refractivity contribution is 7.99. The van der Waals surface area contributed by atoms with Crippen LogP contribution in [-0.2, 0) is 17.8 Å². The van der Waals surface area contributed by atoms with Gasteiger partial charge in [0.15, 0.2) is 5.16 Å². The SMILES string of the molecule is CCn1c(Cc2cccs2)nnc1SCC(=O)Nc1ccc(F)cc1F. The van der Waals surface area contributed by atoms with Gasteiger partial charge in [0.2, 0.25) is 5.91 Å². The van der Waals surface area contributed by atoms with Crippen molar-refractivity contribution in [3.8, 4) is 0 Å². The smallest absolute Gasteiger partial charge is 0.234 e. The molecule has 26 heavy (non-hydrogen) atoms. The van der Waals surface area contributed by atoms with Gasteiger partial charge in [0.25, 0.3) is 0 Å². The van der Waals surface area contributed by atoms with Crippen LogP contribution >= 0.6 is 23.1 Å². The average Bonchev–Trinajstić information content (AvgIpc) is 3.25. The molecule has 5 nitrogen and oxygen atoms in total. The molecule has 0 unspecified atom stereocenters. The lowest BCUT2D eigenvalue weighted by molar-refractivity contribution is -0.113. The predicted octanol–water partition coefficient (Wildman–Crippen LogP) is 3.96. The van der Waals surface area contributed by atoms with Crippen LogP contribution in [0, 0.1) is 11.6 Å². The van der Waals surface area contributed by atoms with E-state index in [1.165, 1.54) is 22.7 Å².